The first-order valence-corrected chi connectivity index (χ1v) is 42.7. The van der Waals surface area contributed by atoms with Gasteiger partial charge in [0.1, 0.15) is 0 Å². The smallest absolute Gasteiger partial charge is 0.0702 e. The van der Waals surface area contributed by atoms with E-state index in [0.29, 0.717) is 0 Å². The minimum absolute atomic E-state index is 0.000760. The largest absolute Gasteiger partial charge is 0.309 e. The number of para-hydroxylation sites is 6. The molecule has 0 saturated heterocycles. The number of hydrogen-bond acceptors (Lipinski definition) is 0. The van der Waals surface area contributed by atoms with Gasteiger partial charge in [-0.15, -0.1) is 0 Å². The second-order valence-corrected chi connectivity index (χ2v) is 34.7. The molecule has 22 rings (SSSR count). The normalized spacial score (nSPS) is 12.2. The van der Waals surface area contributed by atoms with E-state index < -0.39 is 10.8 Å². The van der Waals surface area contributed by atoms with Gasteiger partial charge in [0, 0.05) is 65.8 Å². The molecular formula is C118H92N4. The molecule has 0 aliphatic carbocycles. The Morgan fingerprint density at radius 1 is 0.139 bits per heavy atom. The van der Waals surface area contributed by atoms with Gasteiger partial charge in [0.2, 0.25) is 0 Å². The third kappa shape index (κ3) is 12.6. The van der Waals surface area contributed by atoms with Crippen LogP contribution in [-0.4, -0.2) is 18.3 Å². The average molecular weight is 1570 g/mol. The lowest BCUT2D eigenvalue weighted by atomic mass is 9.64. The monoisotopic (exact) mass is 1560 g/mol. The van der Waals surface area contributed by atoms with Gasteiger partial charge in [0.05, 0.1) is 55.0 Å². The highest BCUT2D eigenvalue weighted by atomic mass is 15.0. The molecule has 0 aliphatic heterocycles. The van der Waals surface area contributed by atoms with Gasteiger partial charge in [-0.05, 0) is 198 Å². The van der Waals surface area contributed by atoms with Gasteiger partial charge in [-0.1, -0.05) is 381 Å². The van der Waals surface area contributed by atoms with E-state index in [1.54, 1.807) is 0 Å². The molecule has 0 spiro atoms. The van der Waals surface area contributed by atoms with Crippen LogP contribution >= 0.6 is 0 Å². The quantitative estimate of drug-likeness (QED) is 0.0967. The molecule has 0 aliphatic rings. The Kier molecular flexibility index (Phi) is 18.5. The predicted molar refractivity (Wildman–Crippen MR) is 515 cm³/mol. The molecule has 0 unspecified atom stereocenters. The highest BCUT2D eigenvalue weighted by Gasteiger charge is 2.41. The Hall–Kier alpha value is -14.8. The van der Waals surface area contributed by atoms with Crippen LogP contribution in [0.25, 0.3) is 132 Å². The van der Waals surface area contributed by atoms with Crippen molar-refractivity contribution in [1.82, 2.24) is 18.3 Å². The summed E-state index contributed by atoms with van der Waals surface area (Å²) in [7, 11) is 0. The topological polar surface area (TPSA) is 19.7 Å². The van der Waals surface area contributed by atoms with Gasteiger partial charge in [-0.25, -0.2) is 0 Å². The molecule has 0 saturated carbocycles. The van der Waals surface area contributed by atoms with Crippen LogP contribution < -0.4 is 0 Å². The maximum absolute atomic E-state index is 2.49. The molecule has 0 N–H and O–H groups in total. The van der Waals surface area contributed by atoms with Crippen molar-refractivity contribution in [3.8, 4) is 45.0 Å². The summed E-state index contributed by atoms with van der Waals surface area (Å²) in [5, 5.41) is 9.94. The maximum atomic E-state index is 2.49. The molecule has 4 heteroatoms. The molecule has 122 heavy (non-hydrogen) atoms. The number of benzene rings is 18. The van der Waals surface area contributed by atoms with E-state index in [4.69, 9.17) is 0 Å². The molecule has 0 atom stereocenters. The predicted octanol–water partition coefficient (Wildman–Crippen LogP) is 30.5. The molecule has 0 radical (unpaired) electrons. The third-order valence-electron chi connectivity index (χ3n) is 25.6. The van der Waals surface area contributed by atoms with Crippen LogP contribution in [0.5, 0.6) is 0 Å². The first-order valence-electron chi connectivity index (χ1n) is 42.7. The maximum Gasteiger partial charge on any atom is 0.0702 e. The summed E-state index contributed by atoms with van der Waals surface area (Å²) in [6.45, 7) is 13.7. The molecule has 22 aromatic rings. The molecule has 4 heterocycles. The fourth-order valence-electron chi connectivity index (χ4n) is 19.9. The number of aromatic nitrogens is 4. The van der Waals surface area contributed by atoms with Crippen LogP contribution in [0.4, 0.5) is 0 Å². The zero-order valence-corrected chi connectivity index (χ0v) is 69.5. The van der Waals surface area contributed by atoms with Gasteiger partial charge < -0.3 is 18.3 Å². The van der Waals surface area contributed by atoms with Gasteiger partial charge >= 0.3 is 0 Å². The van der Waals surface area contributed by atoms with Crippen molar-refractivity contribution in [2.75, 3.05) is 0 Å². The number of fused-ring (bicyclic) bond motifs is 12. The molecule has 18 aromatic carbocycles. The minimum atomic E-state index is -0.626. The lowest BCUT2D eigenvalue weighted by Gasteiger charge is -2.37. The van der Waals surface area contributed by atoms with Crippen LogP contribution in [0.2, 0.25) is 0 Å². The number of nitrogens with zero attached hydrogens (tertiary/aromatic N) is 4. The van der Waals surface area contributed by atoms with Crippen molar-refractivity contribution in [2.24, 2.45) is 0 Å². The Bertz CT molecular complexity index is 7360. The highest BCUT2D eigenvalue weighted by molar-refractivity contribution is 6.14. The fourth-order valence-corrected chi connectivity index (χ4v) is 19.9. The molecule has 0 bridgehead atoms. The first-order chi connectivity index (χ1) is 59.8. The van der Waals surface area contributed by atoms with E-state index >= 15 is 0 Å². The molecule has 0 amide bonds. The van der Waals surface area contributed by atoms with E-state index in [9.17, 15) is 0 Å². The summed E-state index contributed by atoms with van der Waals surface area (Å²) >= 11 is 0. The van der Waals surface area contributed by atoms with E-state index in [-0.39, 0.29) is 10.8 Å². The van der Waals surface area contributed by atoms with Crippen LogP contribution in [0.3, 0.4) is 0 Å². The lowest BCUT2D eigenvalue weighted by molar-refractivity contribution is 0.590. The van der Waals surface area contributed by atoms with Crippen LogP contribution in [0.1, 0.15) is 97.2 Å². The summed E-state index contributed by atoms with van der Waals surface area (Å²) < 4.78 is 9.82. The fraction of sp³-hybridized carbons (Fsp3) is 0.0847. The van der Waals surface area contributed by atoms with Crippen LogP contribution in [0, 0.1) is 0 Å². The number of hydrogen-bond donors (Lipinski definition) is 0. The summed E-state index contributed by atoms with van der Waals surface area (Å²) in [5.41, 5.74) is 30.0. The Labute approximate surface area is 713 Å². The van der Waals surface area contributed by atoms with Gasteiger partial charge in [-0.3, -0.25) is 0 Å². The summed E-state index contributed by atoms with van der Waals surface area (Å²) in [6.07, 6.45) is 0. The highest BCUT2D eigenvalue weighted by Crippen LogP contribution is 2.51. The van der Waals surface area contributed by atoms with Crippen LogP contribution in [0.15, 0.2) is 449 Å². The van der Waals surface area contributed by atoms with E-state index in [1.165, 1.54) is 165 Å². The molecule has 0 fully saturated rings. The van der Waals surface area contributed by atoms with E-state index in [2.05, 4.69) is 509 Å². The zero-order valence-electron chi connectivity index (χ0n) is 69.5. The van der Waals surface area contributed by atoms with Gasteiger partial charge in [-0.2, -0.15) is 0 Å². The van der Waals surface area contributed by atoms with E-state index in [0.717, 1.165) is 22.7 Å². The summed E-state index contributed by atoms with van der Waals surface area (Å²) in [5.74, 6) is 0. The molecule has 584 valence electrons. The van der Waals surface area contributed by atoms with Crippen molar-refractivity contribution in [2.45, 2.75) is 63.2 Å². The van der Waals surface area contributed by atoms with Crippen molar-refractivity contribution in [3.05, 3.63) is 505 Å². The summed E-state index contributed by atoms with van der Waals surface area (Å²) in [6, 6.07) is 166. The zero-order chi connectivity index (χ0) is 82.3. The standard InChI is InChI=1S/2C59H46N2/c1-58(2,3)46-27-19-20-41(36-46)42-37-47(59(43-21-7-4-8-22-43,44-23-9-5-10-24-44)45-25-11-6-12-26-45)39-49(38-42)61-56-33-18-15-30-52(56)53-40-48(34-35-57(53)61)60-54-31-16-13-28-50(54)51-29-14-17-32-55(51)60;1-58(2,3)43-33-31-41(32-34-43)42-37-47(59(44-19-7-4-8-20-44,45-21-9-5-10-22-45)46-23-11-6-12-24-46)39-49(38-42)61-56-30-18-15-27-52(56)53-40-48(35-36-57(53)61)60-54-28-16-13-25-50(54)51-26-14-17-29-55(51)60/h2*4-40H,1-3H3. The van der Waals surface area contributed by atoms with Crippen molar-refractivity contribution < 1.29 is 0 Å². The summed E-state index contributed by atoms with van der Waals surface area (Å²) in [4.78, 5) is 0. The minimum Gasteiger partial charge on any atom is -0.309 e. The second-order valence-electron chi connectivity index (χ2n) is 34.7. The average Bonchev–Trinajstić information content (AvgIpc) is 0.885. The van der Waals surface area contributed by atoms with Gasteiger partial charge in [0.15, 0.2) is 0 Å². The van der Waals surface area contributed by atoms with Crippen molar-refractivity contribution in [1.29, 1.82) is 0 Å². The molecule has 4 nitrogen and oxygen atoms in total. The Morgan fingerprint density at radius 3 is 0.689 bits per heavy atom. The van der Waals surface area contributed by atoms with Gasteiger partial charge in [0.25, 0.3) is 0 Å². The lowest BCUT2D eigenvalue weighted by Crippen LogP contribution is -2.31. The van der Waals surface area contributed by atoms with Crippen LogP contribution in [-0.2, 0) is 21.7 Å². The second kappa shape index (κ2) is 30.2. The van der Waals surface area contributed by atoms with Crippen molar-refractivity contribution >= 4 is 87.2 Å². The number of rotatable bonds is 14. The first kappa shape index (κ1) is 74.7. The SMILES string of the molecule is CC(C)(C)c1ccc(-c2cc(-n3c4ccccc4c4cc(-n5c6ccccc6c6ccccc65)ccc43)cc(C(c3ccccc3)(c3ccccc3)c3ccccc3)c2)cc1.CC(C)(C)c1cccc(-c2cc(-n3c4ccccc4c4cc(-n5c6ccccc6c6ccccc65)ccc43)cc(C(c3ccccc3)(c3ccccc3)c3ccccc3)c2)c1. The Morgan fingerprint density at radius 2 is 0.385 bits per heavy atom. The molecule has 4 aromatic heterocycles. The van der Waals surface area contributed by atoms with E-state index in [1.807, 2.05) is 0 Å². The Balaban J connectivity index is 0.000000150. The van der Waals surface area contributed by atoms with Crippen molar-refractivity contribution in [3.63, 3.8) is 0 Å². The molecular weight excluding hydrogens is 1470 g/mol. The third-order valence-corrected chi connectivity index (χ3v) is 25.6.